The van der Waals surface area contributed by atoms with Crippen molar-refractivity contribution in [2.45, 2.75) is 24.1 Å². The fourth-order valence-electron chi connectivity index (χ4n) is 1.66. The Balaban J connectivity index is 2.19. The van der Waals surface area contributed by atoms with Gasteiger partial charge in [-0.2, -0.15) is 0 Å². The molecule has 10 heteroatoms. The molecule has 0 fully saturated rings. The molecule has 0 bridgehead atoms. The molecule has 0 aliphatic heterocycles. The first kappa shape index (κ1) is 16.4. The molecule has 1 N–H and O–H groups in total. The fraction of sp³-hybridized carbons (Fsp3) is 0.273. The number of halogens is 1. The van der Waals surface area contributed by atoms with Gasteiger partial charge in [0.1, 0.15) is 4.21 Å². The third-order valence-electron chi connectivity index (χ3n) is 2.75. The first-order valence-corrected chi connectivity index (χ1v) is 9.39. The molecule has 0 spiro atoms. The van der Waals surface area contributed by atoms with Crippen LogP contribution in [0.4, 0.5) is 5.69 Å². The molecule has 2 aromatic heterocycles. The van der Waals surface area contributed by atoms with E-state index in [0.29, 0.717) is 11.3 Å². The molecule has 0 amide bonds. The van der Waals surface area contributed by atoms with Gasteiger partial charge in [-0.15, -0.1) is 22.7 Å². The van der Waals surface area contributed by atoms with Crippen LogP contribution in [-0.2, 0) is 23.0 Å². The smallest absolute Gasteiger partial charge is 0.258 e. The quantitative estimate of drug-likeness (QED) is 0.626. The number of nitrogens with one attached hydrogen (secondary N) is 1. The molecular weight excluding hydrogens is 356 g/mol. The van der Waals surface area contributed by atoms with E-state index >= 15 is 0 Å². The van der Waals surface area contributed by atoms with Crippen LogP contribution >= 0.6 is 34.3 Å². The topological polar surface area (TPSA) is 89.3 Å². The van der Waals surface area contributed by atoms with Crippen LogP contribution in [0.15, 0.2) is 21.7 Å². The molecular formula is C11H11ClN2O4S3. The SMILES string of the molecule is CCc1ccsc1CNS(=O)(=O)c1cc([N+](=O)[O-])c(Cl)s1. The van der Waals surface area contributed by atoms with Crippen LogP contribution in [0.5, 0.6) is 0 Å². The minimum atomic E-state index is -3.81. The van der Waals surface area contributed by atoms with E-state index in [1.165, 1.54) is 11.3 Å². The van der Waals surface area contributed by atoms with Gasteiger partial charge in [-0.1, -0.05) is 18.5 Å². The molecule has 2 heterocycles. The van der Waals surface area contributed by atoms with Crippen LogP contribution in [0, 0.1) is 10.1 Å². The number of rotatable bonds is 6. The van der Waals surface area contributed by atoms with Crippen molar-refractivity contribution in [3.8, 4) is 0 Å². The van der Waals surface area contributed by atoms with Crippen molar-refractivity contribution in [3.05, 3.63) is 42.4 Å². The van der Waals surface area contributed by atoms with E-state index < -0.39 is 20.6 Å². The minimum absolute atomic E-state index is 0.147. The Hall–Kier alpha value is -1.000. The monoisotopic (exact) mass is 366 g/mol. The van der Waals surface area contributed by atoms with E-state index in [4.69, 9.17) is 11.6 Å². The first-order chi connectivity index (χ1) is 9.85. The highest BCUT2D eigenvalue weighted by Gasteiger charge is 2.25. The van der Waals surface area contributed by atoms with Gasteiger partial charge in [0.15, 0.2) is 4.34 Å². The molecule has 0 radical (unpaired) electrons. The van der Waals surface area contributed by atoms with Gasteiger partial charge in [-0.05, 0) is 23.4 Å². The molecule has 0 unspecified atom stereocenters. The maximum atomic E-state index is 12.1. The minimum Gasteiger partial charge on any atom is -0.258 e. The maximum absolute atomic E-state index is 12.1. The van der Waals surface area contributed by atoms with Gasteiger partial charge >= 0.3 is 0 Å². The Morgan fingerprint density at radius 2 is 2.19 bits per heavy atom. The lowest BCUT2D eigenvalue weighted by Crippen LogP contribution is -2.22. The van der Waals surface area contributed by atoms with Crippen LogP contribution < -0.4 is 4.72 Å². The van der Waals surface area contributed by atoms with Crippen molar-refractivity contribution >= 4 is 50.0 Å². The Labute approximate surface area is 134 Å². The van der Waals surface area contributed by atoms with Crippen molar-refractivity contribution < 1.29 is 13.3 Å². The number of nitro groups is 1. The Kier molecular flexibility index (Phi) is 4.99. The van der Waals surface area contributed by atoms with Gasteiger partial charge in [-0.25, -0.2) is 13.1 Å². The van der Waals surface area contributed by atoms with Crippen LogP contribution in [-0.4, -0.2) is 13.3 Å². The first-order valence-electron chi connectivity index (χ1n) is 5.83. The van der Waals surface area contributed by atoms with E-state index in [1.807, 2.05) is 18.4 Å². The Morgan fingerprint density at radius 3 is 2.76 bits per heavy atom. The molecule has 114 valence electrons. The summed E-state index contributed by atoms with van der Waals surface area (Å²) in [5.41, 5.74) is 0.685. The number of sulfonamides is 1. The Bertz CT molecular complexity index is 766. The summed E-state index contributed by atoms with van der Waals surface area (Å²) in [5, 5.41) is 12.6. The summed E-state index contributed by atoms with van der Waals surface area (Å²) >= 11 is 7.82. The molecule has 0 saturated heterocycles. The van der Waals surface area contributed by atoms with Gasteiger partial charge < -0.3 is 0 Å². The van der Waals surface area contributed by atoms with Crippen molar-refractivity contribution in [3.63, 3.8) is 0 Å². The second kappa shape index (κ2) is 6.41. The third-order valence-corrected chi connectivity index (χ3v) is 6.92. The lowest BCUT2D eigenvalue weighted by Gasteiger charge is -2.04. The normalized spacial score (nSPS) is 11.7. The molecule has 0 atom stereocenters. The van der Waals surface area contributed by atoms with Crippen LogP contribution in [0.25, 0.3) is 0 Å². The molecule has 2 aromatic rings. The number of aryl methyl sites for hydroxylation is 1. The average molecular weight is 367 g/mol. The number of hydrogen-bond acceptors (Lipinski definition) is 6. The summed E-state index contributed by atoms with van der Waals surface area (Å²) in [4.78, 5) is 10.9. The third kappa shape index (κ3) is 3.61. The summed E-state index contributed by atoms with van der Waals surface area (Å²) in [6.07, 6.45) is 0.816. The zero-order chi connectivity index (χ0) is 15.6. The van der Waals surface area contributed by atoms with E-state index in [0.717, 1.165) is 22.9 Å². The molecule has 0 aliphatic carbocycles. The lowest BCUT2D eigenvalue weighted by atomic mass is 10.2. The predicted molar refractivity (Wildman–Crippen MR) is 83.7 cm³/mol. The highest BCUT2D eigenvalue weighted by Crippen LogP contribution is 2.36. The maximum Gasteiger partial charge on any atom is 0.300 e. The molecule has 0 aliphatic rings. The van der Waals surface area contributed by atoms with Crippen molar-refractivity contribution in [1.29, 1.82) is 0 Å². The summed E-state index contributed by atoms with van der Waals surface area (Å²) in [6, 6.07) is 2.92. The highest BCUT2D eigenvalue weighted by molar-refractivity contribution is 7.91. The zero-order valence-corrected chi connectivity index (χ0v) is 14.0. The number of hydrogen-bond donors (Lipinski definition) is 1. The number of thiophene rings is 2. The van der Waals surface area contributed by atoms with Crippen LogP contribution in [0.2, 0.25) is 4.34 Å². The summed E-state index contributed by atoms with van der Waals surface area (Å²) in [6.45, 7) is 2.15. The van der Waals surface area contributed by atoms with Crippen LogP contribution in [0.1, 0.15) is 17.4 Å². The van der Waals surface area contributed by atoms with Crippen molar-refractivity contribution in [2.75, 3.05) is 0 Å². The van der Waals surface area contributed by atoms with Gasteiger partial charge in [0.05, 0.1) is 4.92 Å². The molecule has 0 aromatic carbocycles. The fourth-order valence-corrected chi connectivity index (χ4v) is 5.38. The van der Waals surface area contributed by atoms with E-state index in [9.17, 15) is 18.5 Å². The molecule has 2 rings (SSSR count). The number of nitrogens with zero attached hydrogens (tertiary/aromatic N) is 1. The van der Waals surface area contributed by atoms with Crippen LogP contribution in [0.3, 0.4) is 0 Å². The summed E-state index contributed by atoms with van der Waals surface area (Å²) < 4.78 is 26.4. The summed E-state index contributed by atoms with van der Waals surface area (Å²) in [7, 11) is -3.81. The zero-order valence-electron chi connectivity index (χ0n) is 10.8. The van der Waals surface area contributed by atoms with Gasteiger partial charge in [0, 0.05) is 17.5 Å². The lowest BCUT2D eigenvalue weighted by molar-refractivity contribution is -0.384. The van der Waals surface area contributed by atoms with E-state index in [2.05, 4.69) is 4.72 Å². The van der Waals surface area contributed by atoms with Gasteiger partial charge in [-0.3, -0.25) is 10.1 Å². The second-order valence-corrected chi connectivity index (χ2v) is 8.68. The van der Waals surface area contributed by atoms with E-state index in [-0.39, 0.29) is 15.1 Å². The van der Waals surface area contributed by atoms with Gasteiger partial charge in [0.25, 0.3) is 15.7 Å². The highest BCUT2D eigenvalue weighted by atomic mass is 35.5. The molecule has 6 nitrogen and oxygen atoms in total. The summed E-state index contributed by atoms with van der Waals surface area (Å²) in [5.74, 6) is 0. The average Bonchev–Trinajstić information content (AvgIpc) is 3.02. The van der Waals surface area contributed by atoms with Gasteiger partial charge in [0.2, 0.25) is 0 Å². The molecule has 21 heavy (non-hydrogen) atoms. The molecule has 0 saturated carbocycles. The van der Waals surface area contributed by atoms with Crippen molar-refractivity contribution in [1.82, 2.24) is 4.72 Å². The Morgan fingerprint density at radius 1 is 1.48 bits per heavy atom. The largest absolute Gasteiger partial charge is 0.300 e. The van der Waals surface area contributed by atoms with E-state index in [1.54, 1.807) is 0 Å². The van der Waals surface area contributed by atoms with Crippen molar-refractivity contribution in [2.24, 2.45) is 0 Å². The standard InChI is InChI=1S/C11H11ClN2O4S3/c1-2-7-3-4-19-9(7)6-13-21(17,18)10-5-8(14(15)16)11(12)20-10/h3-5,13H,2,6H2,1H3. The second-order valence-electron chi connectivity index (χ2n) is 4.03. The predicted octanol–water partition coefficient (Wildman–Crippen LogP) is 3.41.